The fourth-order valence-electron chi connectivity index (χ4n) is 5.53. The molecule has 2 atom stereocenters. The van der Waals surface area contributed by atoms with Gasteiger partial charge in [-0.3, -0.25) is 0 Å². The molecule has 2 unspecified atom stereocenters. The van der Waals surface area contributed by atoms with Gasteiger partial charge in [0.15, 0.2) is 0 Å². The molecule has 1 heterocycles. The number of hydrogen-bond acceptors (Lipinski definition) is 0. The van der Waals surface area contributed by atoms with E-state index in [1.807, 2.05) is 0 Å². The molecular formula is C37H58Br2P2. The van der Waals surface area contributed by atoms with Crippen molar-refractivity contribution >= 4 is 57.7 Å². The molecule has 0 spiro atoms. The van der Waals surface area contributed by atoms with Crippen LogP contribution in [0.5, 0.6) is 0 Å². The number of rotatable bonds is 2. The number of alkyl halides is 2. The summed E-state index contributed by atoms with van der Waals surface area (Å²) in [6.07, 6.45) is 0. The van der Waals surface area contributed by atoms with Crippen molar-refractivity contribution in [3.05, 3.63) is 57.6 Å². The highest BCUT2D eigenvalue weighted by Gasteiger charge is 2.66. The summed E-state index contributed by atoms with van der Waals surface area (Å²) in [5.74, 6) is 0. The lowest BCUT2D eigenvalue weighted by molar-refractivity contribution is 0.553. The van der Waals surface area contributed by atoms with Gasteiger partial charge in [-0.05, 0) is 91.7 Å². The predicted octanol–water partition coefficient (Wildman–Crippen LogP) is 12.7. The van der Waals surface area contributed by atoms with Crippen LogP contribution < -0.4 is 10.6 Å². The fraction of sp³-hybridized carbons (Fsp3) is 0.676. The van der Waals surface area contributed by atoms with Crippen LogP contribution in [0.25, 0.3) is 0 Å². The lowest BCUT2D eigenvalue weighted by Gasteiger charge is -2.35. The summed E-state index contributed by atoms with van der Waals surface area (Å²) >= 11 is 8.77. The van der Waals surface area contributed by atoms with Crippen molar-refractivity contribution in [3.63, 3.8) is 0 Å². The smallest absolute Gasteiger partial charge is 0.0609 e. The Balaban J connectivity index is 2.50. The number of hydrogen-bond donors (Lipinski definition) is 0. The van der Waals surface area contributed by atoms with E-state index in [1.54, 1.807) is 10.6 Å². The summed E-state index contributed by atoms with van der Waals surface area (Å²) in [7, 11) is -1.03. The van der Waals surface area contributed by atoms with Crippen molar-refractivity contribution < 1.29 is 0 Å². The molecule has 1 aliphatic rings. The Kier molecular flexibility index (Phi) is 9.30. The van der Waals surface area contributed by atoms with E-state index in [4.69, 9.17) is 0 Å². The third kappa shape index (κ3) is 7.23. The van der Waals surface area contributed by atoms with E-state index in [2.05, 4.69) is 181 Å². The lowest BCUT2D eigenvalue weighted by Crippen LogP contribution is -2.31. The molecule has 230 valence electrons. The van der Waals surface area contributed by atoms with Gasteiger partial charge in [-0.15, -0.1) is 0 Å². The van der Waals surface area contributed by atoms with Crippen LogP contribution in [0.4, 0.5) is 0 Å². The molecule has 3 rings (SSSR count). The zero-order chi connectivity index (χ0) is 32.1. The normalized spacial score (nSPS) is 20.4. The molecule has 41 heavy (non-hydrogen) atoms. The number of benzene rings is 2. The van der Waals surface area contributed by atoms with Gasteiger partial charge in [-0.25, -0.2) is 0 Å². The second kappa shape index (κ2) is 10.7. The Morgan fingerprint density at radius 1 is 0.390 bits per heavy atom. The first-order chi connectivity index (χ1) is 17.9. The minimum atomic E-state index is -0.513. The molecule has 0 aliphatic carbocycles. The Morgan fingerprint density at radius 2 is 0.585 bits per heavy atom. The molecule has 2 aromatic rings. The molecule has 0 aromatic heterocycles. The third-order valence-electron chi connectivity index (χ3n) is 8.28. The summed E-state index contributed by atoms with van der Waals surface area (Å²) < 4.78 is -0.0723. The first-order valence-electron chi connectivity index (χ1n) is 15.3. The maximum atomic E-state index is 4.39. The maximum Gasteiger partial charge on any atom is 0.135 e. The molecule has 0 nitrogen and oxygen atoms in total. The summed E-state index contributed by atoms with van der Waals surface area (Å²) in [6.45, 7) is 43.1. The molecule has 2 aromatic carbocycles. The highest BCUT2D eigenvalue weighted by atomic mass is 79.9. The van der Waals surface area contributed by atoms with E-state index in [9.17, 15) is 0 Å². The molecule has 1 fully saturated rings. The van der Waals surface area contributed by atoms with Gasteiger partial charge in [0, 0.05) is 0 Å². The second-order valence-electron chi connectivity index (χ2n) is 18.5. The highest BCUT2D eigenvalue weighted by molar-refractivity contribution is 9.33. The van der Waals surface area contributed by atoms with Crippen LogP contribution in [0, 0.1) is 0 Å². The van der Waals surface area contributed by atoms with E-state index in [0.29, 0.717) is 0 Å². The lowest BCUT2D eigenvalue weighted by atomic mass is 9.75. The highest BCUT2D eigenvalue weighted by Crippen LogP contribution is 3.06. The standard InChI is InChI=1S/C37H58Br2P2/c1-31(2,3)23-19-25(33(7,8)9)29(26(20-23)34(10,11)12)40-37(38,39)41(40)30-27(35(13,14)15)21-24(32(4,5)6)22-28(30)36(16,17)18/h19-22H,1-18H3. The Bertz CT molecular complexity index is 1140. The largest absolute Gasteiger partial charge is 0.135 e. The van der Waals surface area contributed by atoms with E-state index >= 15 is 0 Å². The minimum absolute atomic E-state index is 0.0500. The topological polar surface area (TPSA) is 0 Å². The van der Waals surface area contributed by atoms with Crippen molar-refractivity contribution in [1.82, 2.24) is 0 Å². The minimum Gasteiger partial charge on any atom is -0.0609 e. The van der Waals surface area contributed by atoms with Crippen LogP contribution >= 0.6 is 47.1 Å². The monoisotopic (exact) mass is 722 g/mol. The van der Waals surface area contributed by atoms with Gasteiger partial charge in [0.2, 0.25) is 0 Å². The van der Waals surface area contributed by atoms with Crippen LogP contribution in [0.2, 0.25) is 0 Å². The van der Waals surface area contributed by atoms with Crippen molar-refractivity contribution in [2.24, 2.45) is 0 Å². The van der Waals surface area contributed by atoms with Crippen molar-refractivity contribution in [2.45, 2.75) is 160 Å². The first kappa shape index (κ1) is 35.7. The van der Waals surface area contributed by atoms with Crippen molar-refractivity contribution in [2.75, 3.05) is 0 Å². The fourth-order valence-corrected chi connectivity index (χ4v) is 20.8. The summed E-state index contributed by atoms with van der Waals surface area (Å²) in [5.41, 5.74) is 9.45. The van der Waals surface area contributed by atoms with E-state index in [0.717, 1.165) is 0 Å². The molecule has 1 aliphatic heterocycles. The zero-order valence-electron chi connectivity index (χ0n) is 29.5. The van der Waals surface area contributed by atoms with Crippen molar-refractivity contribution in [1.29, 1.82) is 0 Å². The third-order valence-corrected chi connectivity index (χ3v) is 23.5. The van der Waals surface area contributed by atoms with Crippen molar-refractivity contribution in [3.8, 4) is 0 Å². The average Bonchev–Trinajstić information content (AvgIpc) is 3.28. The Morgan fingerprint density at radius 3 is 0.732 bits per heavy atom. The van der Waals surface area contributed by atoms with Gasteiger partial charge in [-0.2, -0.15) is 0 Å². The SMILES string of the molecule is CC(C)(C)c1cc(C(C)(C)C)c(P2P(c3c(C(C)(C)C)cc(C(C)(C)C)cc3C(C)(C)C)C2(Br)Br)c(C(C)(C)C)c1. The van der Waals surface area contributed by atoms with Crippen LogP contribution in [-0.4, -0.2) is 2.72 Å². The average molecular weight is 725 g/mol. The van der Waals surface area contributed by atoms with Crippen LogP contribution in [0.1, 0.15) is 158 Å². The van der Waals surface area contributed by atoms with Gasteiger partial charge in [-0.1, -0.05) is 181 Å². The van der Waals surface area contributed by atoms with Gasteiger partial charge < -0.3 is 0 Å². The van der Waals surface area contributed by atoms with Crippen LogP contribution in [0.15, 0.2) is 24.3 Å². The summed E-state index contributed by atoms with van der Waals surface area (Å²) in [4.78, 5) is 0. The first-order valence-corrected chi connectivity index (χ1v) is 20.3. The maximum absolute atomic E-state index is 4.39. The molecule has 0 N–H and O–H groups in total. The quantitative estimate of drug-likeness (QED) is 0.214. The molecule has 0 amide bonds. The molecule has 0 radical (unpaired) electrons. The van der Waals surface area contributed by atoms with Gasteiger partial charge >= 0.3 is 0 Å². The predicted molar refractivity (Wildman–Crippen MR) is 199 cm³/mol. The van der Waals surface area contributed by atoms with Gasteiger partial charge in [0.1, 0.15) is 2.72 Å². The summed E-state index contributed by atoms with van der Waals surface area (Å²) in [5, 5.41) is 3.26. The van der Waals surface area contributed by atoms with Crippen LogP contribution in [0.3, 0.4) is 0 Å². The molecule has 0 bridgehead atoms. The van der Waals surface area contributed by atoms with E-state index in [1.165, 1.54) is 33.4 Å². The van der Waals surface area contributed by atoms with E-state index in [-0.39, 0.29) is 35.2 Å². The zero-order valence-corrected chi connectivity index (χ0v) is 34.4. The molecular weight excluding hydrogens is 666 g/mol. The van der Waals surface area contributed by atoms with Gasteiger partial charge in [0.05, 0.1) is 0 Å². The molecule has 0 saturated carbocycles. The molecule has 4 heteroatoms. The second-order valence-corrected chi connectivity index (χ2v) is 30.6. The van der Waals surface area contributed by atoms with Crippen LogP contribution in [-0.2, 0) is 32.5 Å². The van der Waals surface area contributed by atoms with E-state index < -0.39 is 15.2 Å². The molecule has 1 saturated heterocycles. The Labute approximate surface area is 273 Å². The Hall–Kier alpha value is 0.260. The summed E-state index contributed by atoms with van der Waals surface area (Å²) in [6, 6.07) is 10.2. The van der Waals surface area contributed by atoms with Gasteiger partial charge in [0.25, 0.3) is 0 Å². The number of halogens is 2.